The molecule has 0 aliphatic rings. The highest BCUT2D eigenvalue weighted by molar-refractivity contribution is 5.56. The maximum atomic E-state index is 13.6. The zero-order valence-corrected chi connectivity index (χ0v) is 13.2. The van der Waals surface area contributed by atoms with Gasteiger partial charge in [-0.25, -0.2) is 4.39 Å². The monoisotopic (exact) mass is 282 g/mol. The van der Waals surface area contributed by atoms with Crippen LogP contribution in [0.1, 0.15) is 39.3 Å². The SMILES string of the molecule is CCNC(C)c1cc(F)ccc1N(CC)C(C)COC. The Morgan fingerprint density at radius 3 is 2.55 bits per heavy atom. The Hall–Kier alpha value is -1.13. The van der Waals surface area contributed by atoms with Gasteiger partial charge in [0.15, 0.2) is 0 Å². The fraction of sp³-hybridized carbons (Fsp3) is 0.625. The van der Waals surface area contributed by atoms with Crippen LogP contribution in [0.2, 0.25) is 0 Å². The van der Waals surface area contributed by atoms with Gasteiger partial charge in [0, 0.05) is 31.4 Å². The number of rotatable bonds is 8. The largest absolute Gasteiger partial charge is 0.383 e. The van der Waals surface area contributed by atoms with Gasteiger partial charge in [-0.2, -0.15) is 0 Å². The van der Waals surface area contributed by atoms with E-state index in [0.717, 1.165) is 24.3 Å². The molecule has 3 nitrogen and oxygen atoms in total. The molecular weight excluding hydrogens is 255 g/mol. The molecule has 0 aliphatic carbocycles. The number of halogens is 1. The highest BCUT2D eigenvalue weighted by Crippen LogP contribution is 2.28. The van der Waals surface area contributed by atoms with E-state index in [-0.39, 0.29) is 17.9 Å². The molecule has 0 fully saturated rings. The fourth-order valence-electron chi connectivity index (χ4n) is 2.60. The van der Waals surface area contributed by atoms with Crippen LogP contribution >= 0.6 is 0 Å². The van der Waals surface area contributed by atoms with Crippen LogP contribution in [0.3, 0.4) is 0 Å². The molecule has 20 heavy (non-hydrogen) atoms. The molecule has 0 saturated heterocycles. The first kappa shape index (κ1) is 16.9. The second kappa shape index (κ2) is 8.22. The van der Waals surface area contributed by atoms with Gasteiger partial charge in [0.25, 0.3) is 0 Å². The van der Waals surface area contributed by atoms with E-state index in [2.05, 4.69) is 37.9 Å². The molecule has 0 heterocycles. The van der Waals surface area contributed by atoms with E-state index in [1.165, 1.54) is 6.07 Å². The highest BCUT2D eigenvalue weighted by atomic mass is 19.1. The van der Waals surface area contributed by atoms with E-state index in [9.17, 15) is 4.39 Å². The lowest BCUT2D eigenvalue weighted by Gasteiger charge is -2.33. The van der Waals surface area contributed by atoms with Gasteiger partial charge in [-0.1, -0.05) is 6.92 Å². The lowest BCUT2D eigenvalue weighted by atomic mass is 10.0. The van der Waals surface area contributed by atoms with E-state index >= 15 is 0 Å². The van der Waals surface area contributed by atoms with Crippen LogP contribution < -0.4 is 10.2 Å². The number of benzene rings is 1. The summed E-state index contributed by atoms with van der Waals surface area (Å²) in [5.74, 6) is -0.191. The minimum absolute atomic E-state index is 0.120. The number of methoxy groups -OCH3 is 1. The Kier molecular flexibility index (Phi) is 6.96. The van der Waals surface area contributed by atoms with Crippen molar-refractivity contribution in [3.8, 4) is 0 Å². The average Bonchev–Trinajstić information content (AvgIpc) is 2.41. The molecule has 0 amide bonds. The van der Waals surface area contributed by atoms with Crippen molar-refractivity contribution in [3.63, 3.8) is 0 Å². The maximum Gasteiger partial charge on any atom is 0.123 e. The predicted octanol–water partition coefficient (Wildman–Crippen LogP) is 3.36. The summed E-state index contributed by atoms with van der Waals surface area (Å²) in [6.45, 7) is 10.7. The van der Waals surface area contributed by atoms with Crippen molar-refractivity contribution in [1.82, 2.24) is 5.32 Å². The first-order valence-electron chi connectivity index (χ1n) is 7.33. The van der Waals surface area contributed by atoms with Gasteiger partial charge >= 0.3 is 0 Å². The summed E-state index contributed by atoms with van der Waals surface area (Å²) >= 11 is 0. The van der Waals surface area contributed by atoms with Crippen LogP contribution in [0.15, 0.2) is 18.2 Å². The Morgan fingerprint density at radius 1 is 1.30 bits per heavy atom. The summed E-state index contributed by atoms with van der Waals surface area (Å²) in [7, 11) is 1.71. The van der Waals surface area contributed by atoms with Crippen LogP contribution in [0.4, 0.5) is 10.1 Å². The van der Waals surface area contributed by atoms with Crippen LogP contribution in [-0.2, 0) is 4.74 Å². The molecule has 0 radical (unpaired) electrons. The third-order valence-corrected chi connectivity index (χ3v) is 3.56. The molecule has 2 unspecified atom stereocenters. The van der Waals surface area contributed by atoms with Gasteiger partial charge in [-0.3, -0.25) is 0 Å². The summed E-state index contributed by atoms with van der Waals surface area (Å²) in [4.78, 5) is 2.26. The van der Waals surface area contributed by atoms with E-state index in [0.29, 0.717) is 6.61 Å². The number of ether oxygens (including phenoxy) is 1. The first-order valence-corrected chi connectivity index (χ1v) is 7.33. The van der Waals surface area contributed by atoms with Gasteiger partial charge in [0.1, 0.15) is 5.82 Å². The third kappa shape index (κ3) is 4.18. The molecule has 2 atom stereocenters. The second-order valence-corrected chi connectivity index (χ2v) is 5.07. The average molecular weight is 282 g/mol. The van der Waals surface area contributed by atoms with E-state index in [1.54, 1.807) is 13.2 Å². The quantitative estimate of drug-likeness (QED) is 0.791. The van der Waals surface area contributed by atoms with Gasteiger partial charge in [-0.05, 0) is 51.1 Å². The van der Waals surface area contributed by atoms with Crippen LogP contribution in [-0.4, -0.2) is 32.8 Å². The molecule has 0 aromatic heterocycles. The molecule has 0 aliphatic heterocycles. The molecule has 1 aromatic rings. The lowest BCUT2D eigenvalue weighted by Crippen LogP contribution is -2.37. The van der Waals surface area contributed by atoms with E-state index in [1.807, 2.05) is 6.07 Å². The van der Waals surface area contributed by atoms with Crippen molar-refractivity contribution < 1.29 is 9.13 Å². The molecule has 1 N–H and O–H groups in total. The van der Waals surface area contributed by atoms with Crippen molar-refractivity contribution >= 4 is 5.69 Å². The summed E-state index contributed by atoms with van der Waals surface area (Å²) in [6.07, 6.45) is 0. The molecule has 0 bridgehead atoms. The highest BCUT2D eigenvalue weighted by Gasteiger charge is 2.19. The smallest absolute Gasteiger partial charge is 0.123 e. The topological polar surface area (TPSA) is 24.5 Å². The Morgan fingerprint density at radius 2 is 2.00 bits per heavy atom. The maximum absolute atomic E-state index is 13.6. The van der Waals surface area contributed by atoms with Crippen LogP contribution in [0.25, 0.3) is 0 Å². The minimum atomic E-state index is -0.191. The standard InChI is InChI=1S/C16H27FN2O/c1-6-18-13(4)15-10-14(17)8-9-16(15)19(7-2)12(3)11-20-5/h8-10,12-13,18H,6-7,11H2,1-5H3. The Bertz CT molecular complexity index is 411. The van der Waals surface area contributed by atoms with Crippen molar-refractivity contribution in [3.05, 3.63) is 29.6 Å². The molecule has 4 heteroatoms. The second-order valence-electron chi connectivity index (χ2n) is 5.07. The minimum Gasteiger partial charge on any atom is -0.383 e. The number of nitrogens with one attached hydrogen (secondary N) is 1. The molecule has 1 aromatic carbocycles. The number of hydrogen-bond donors (Lipinski definition) is 1. The number of nitrogens with zero attached hydrogens (tertiary/aromatic N) is 1. The normalized spacial score (nSPS) is 14.1. The number of hydrogen-bond acceptors (Lipinski definition) is 3. The molecule has 1 rings (SSSR count). The first-order chi connectivity index (χ1) is 9.54. The van der Waals surface area contributed by atoms with Crippen LogP contribution in [0, 0.1) is 5.82 Å². The third-order valence-electron chi connectivity index (χ3n) is 3.56. The van der Waals surface area contributed by atoms with Gasteiger partial charge in [0.05, 0.1) is 6.61 Å². The van der Waals surface area contributed by atoms with Gasteiger partial charge < -0.3 is 15.0 Å². The van der Waals surface area contributed by atoms with Crippen molar-refractivity contribution in [2.24, 2.45) is 0 Å². The lowest BCUT2D eigenvalue weighted by molar-refractivity contribution is 0.182. The fourth-order valence-corrected chi connectivity index (χ4v) is 2.60. The van der Waals surface area contributed by atoms with Gasteiger partial charge in [-0.15, -0.1) is 0 Å². The summed E-state index contributed by atoms with van der Waals surface area (Å²) < 4.78 is 18.8. The zero-order chi connectivity index (χ0) is 15.1. The molecule has 0 saturated carbocycles. The molecular formula is C16H27FN2O. The zero-order valence-electron chi connectivity index (χ0n) is 13.2. The summed E-state index contributed by atoms with van der Waals surface area (Å²) in [5, 5.41) is 3.35. The van der Waals surface area contributed by atoms with E-state index < -0.39 is 0 Å². The Balaban J connectivity index is 3.13. The van der Waals surface area contributed by atoms with Crippen molar-refractivity contribution in [2.75, 3.05) is 31.7 Å². The summed E-state index contributed by atoms with van der Waals surface area (Å²) in [6, 6.07) is 5.40. The molecule has 114 valence electrons. The van der Waals surface area contributed by atoms with Crippen molar-refractivity contribution in [1.29, 1.82) is 0 Å². The van der Waals surface area contributed by atoms with Crippen LogP contribution in [0.5, 0.6) is 0 Å². The number of likely N-dealkylation sites (N-methyl/N-ethyl adjacent to an activating group) is 1. The number of anilines is 1. The van der Waals surface area contributed by atoms with Crippen molar-refractivity contribution in [2.45, 2.75) is 39.8 Å². The summed E-state index contributed by atoms with van der Waals surface area (Å²) in [5.41, 5.74) is 2.07. The predicted molar refractivity (Wildman–Crippen MR) is 82.8 cm³/mol. The molecule has 0 spiro atoms. The van der Waals surface area contributed by atoms with E-state index in [4.69, 9.17) is 4.74 Å². The van der Waals surface area contributed by atoms with Gasteiger partial charge in [0.2, 0.25) is 0 Å². The Labute approximate surface area is 122 Å².